The molecule has 0 bridgehead atoms. The number of fused-ring (bicyclic) bond motifs is 1. The minimum Gasteiger partial charge on any atom is -0.497 e. The van der Waals surface area contributed by atoms with Crippen LogP contribution in [0.25, 0.3) is 4.96 Å². The highest BCUT2D eigenvalue weighted by molar-refractivity contribution is 7.20. The van der Waals surface area contributed by atoms with E-state index in [4.69, 9.17) is 4.74 Å². The first-order valence-electron chi connectivity index (χ1n) is 7.98. The maximum atomic E-state index is 11.8. The number of hydrogen-bond donors (Lipinski definition) is 0. The minimum absolute atomic E-state index is 0.131. The SMILES string of the molecule is COc1cccc(C2CCN(c3nn4c(=O)ccnc4s3)CC2)c1. The number of rotatable bonds is 3. The van der Waals surface area contributed by atoms with Crippen molar-refractivity contribution in [3.63, 3.8) is 0 Å². The minimum atomic E-state index is -0.131. The molecule has 2 aromatic heterocycles. The van der Waals surface area contributed by atoms with Gasteiger partial charge >= 0.3 is 0 Å². The van der Waals surface area contributed by atoms with Crippen LogP contribution in [0.15, 0.2) is 41.3 Å². The van der Waals surface area contributed by atoms with Crippen LogP contribution in [0.4, 0.5) is 5.13 Å². The molecule has 1 aliphatic heterocycles. The van der Waals surface area contributed by atoms with E-state index in [-0.39, 0.29) is 5.56 Å². The third-order valence-corrected chi connectivity index (χ3v) is 5.47. The summed E-state index contributed by atoms with van der Waals surface area (Å²) in [4.78, 5) is 18.9. The highest BCUT2D eigenvalue weighted by Gasteiger charge is 2.23. The molecule has 0 spiro atoms. The van der Waals surface area contributed by atoms with Gasteiger partial charge in [-0.25, -0.2) is 4.98 Å². The smallest absolute Gasteiger partial charge is 0.275 e. The summed E-state index contributed by atoms with van der Waals surface area (Å²) >= 11 is 1.47. The van der Waals surface area contributed by atoms with Gasteiger partial charge in [0.05, 0.1) is 7.11 Å². The van der Waals surface area contributed by atoms with Crippen LogP contribution < -0.4 is 15.2 Å². The molecule has 0 saturated carbocycles. The third kappa shape index (κ3) is 2.75. The van der Waals surface area contributed by atoms with Crippen LogP contribution >= 0.6 is 11.3 Å². The van der Waals surface area contributed by atoms with Crippen LogP contribution in [0, 0.1) is 0 Å². The maximum absolute atomic E-state index is 11.8. The fourth-order valence-electron chi connectivity index (χ4n) is 3.16. The Balaban J connectivity index is 1.50. The molecule has 1 aromatic carbocycles. The van der Waals surface area contributed by atoms with Gasteiger partial charge in [-0.15, -0.1) is 5.10 Å². The zero-order valence-electron chi connectivity index (χ0n) is 13.4. The lowest BCUT2D eigenvalue weighted by Gasteiger charge is -2.31. The highest BCUT2D eigenvalue weighted by Crippen LogP contribution is 2.33. The lowest BCUT2D eigenvalue weighted by atomic mass is 9.89. The summed E-state index contributed by atoms with van der Waals surface area (Å²) in [5.41, 5.74) is 1.20. The number of piperidine rings is 1. The predicted molar refractivity (Wildman–Crippen MR) is 94.3 cm³/mol. The average molecular weight is 342 g/mol. The molecule has 0 atom stereocenters. The molecule has 0 unspecified atom stereocenters. The fourth-order valence-corrected chi connectivity index (χ4v) is 4.09. The standard InChI is InChI=1S/C17H18N4O2S/c1-23-14-4-2-3-13(11-14)12-6-9-20(10-7-12)17-19-21-15(22)5-8-18-16(21)24-17/h2-5,8,11-12H,6-7,9-10H2,1H3. The number of nitrogens with zero attached hydrogens (tertiary/aromatic N) is 4. The first-order chi connectivity index (χ1) is 11.7. The van der Waals surface area contributed by atoms with E-state index in [0.717, 1.165) is 36.8 Å². The molecule has 0 aliphatic carbocycles. The van der Waals surface area contributed by atoms with Crippen LogP contribution in [-0.4, -0.2) is 34.8 Å². The van der Waals surface area contributed by atoms with E-state index in [1.807, 2.05) is 12.1 Å². The van der Waals surface area contributed by atoms with Gasteiger partial charge in [0.25, 0.3) is 5.56 Å². The Morgan fingerprint density at radius 1 is 1.25 bits per heavy atom. The van der Waals surface area contributed by atoms with E-state index in [1.54, 1.807) is 7.11 Å². The van der Waals surface area contributed by atoms with Gasteiger partial charge in [-0.3, -0.25) is 4.79 Å². The molecule has 124 valence electrons. The number of methoxy groups -OCH3 is 1. The molecule has 3 aromatic rings. The van der Waals surface area contributed by atoms with Crippen molar-refractivity contribution in [2.45, 2.75) is 18.8 Å². The van der Waals surface area contributed by atoms with Crippen molar-refractivity contribution in [1.82, 2.24) is 14.6 Å². The second-order valence-corrected chi connectivity index (χ2v) is 6.83. The summed E-state index contributed by atoms with van der Waals surface area (Å²) < 4.78 is 6.71. The first-order valence-corrected chi connectivity index (χ1v) is 8.80. The Kier molecular flexibility index (Phi) is 3.93. The quantitative estimate of drug-likeness (QED) is 0.732. The lowest BCUT2D eigenvalue weighted by molar-refractivity contribution is 0.412. The van der Waals surface area contributed by atoms with Gasteiger partial charge in [0.15, 0.2) is 0 Å². The van der Waals surface area contributed by atoms with Crippen LogP contribution in [0.3, 0.4) is 0 Å². The Hall–Kier alpha value is -2.41. The second-order valence-electron chi connectivity index (χ2n) is 5.90. The fraction of sp³-hybridized carbons (Fsp3) is 0.353. The van der Waals surface area contributed by atoms with Gasteiger partial charge < -0.3 is 9.64 Å². The van der Waals surface area contributed by atoms with Gasteiger partial charge in [0, 0.05) is 25.4 Å². The van der Waals surface area contributed by atoms with Crippen molar-refractivity contribution in [2.24, 2.45) is 0 Å². The van der Waals surface area contributed by atoms with E-state index in [2.05, 4.69) is 27.1 Å². The summed E-state index contributed by atoms with van der Waals surface area (Å²) in [5.74, 6) is 1.44. The van der Waals surface area contributed by atoms with Crippen LogP contribution in [0.1, 0.15) is 24.3 Å². The average Bonchev–Trinajstić information content (AvgIpc) is 3.08. The zero-order valence-corrected chi connectivity index (χ0v) is 14.2. The summed E-state index contributed by atoms with van der Waals surface area (Å²) in [6.45, 7) is 1.85. The number of benzene rings is 1. The van der Waals surface area contributed by atoms with Crippen LogP contribution in [-0.2, 0) is 0 Å². The van der Waals surface area contributed by atoms with Crippen molar-refractivity contribution in [2.75, 3.05) is 25.1 Å². The Bertz CT molecular complexity index is 912. The van der Waals surface area contributed by atoms with Gasteiger partial charge in [0.1, 0.15) is 5.75 Å². The lowest BCUT2D eigenvalue weighted by Crippen LogP contribution is -2.33. The summed E-state index contributed by atoms with van der Waals surface area (Å²) in [7, 11) is 1.70. The molecule has 0 radical (unpaired) electrons. The maximum Gasteiger partial charge on any atom is 0.275 e. The van der Waals surface area contributed by atoms with Crippen LogP contribution in [0.5, 0.6) is 5.75 Å². The summed E-state index contributed by atoms with van der Waals surface area (Å²) in [6, 6.07) is 9.76. The Morgan fingerprint density at radius 3 is 2.83 bits per heavy atom. The summed E-state index contributed by atoms with van der Waals surface area (Å²) in [6.07, 6.45) is 3.66. The molecule has 1 aliphatic rings. The highest BCUT2D eigenvalue weighted by atomic mass is 32.1. The molecule has 3 heterocycles. The van der Waals surface area contributed by atoms with E-state index in [0.29, 0.717) is 10.9 Å². The normalized spacial score (nSPS) is 15.8. The summed E-state index contributed by atoms with van der Waals surface area (Å²) in [5, 5.41) is 5.30. The molecular formula is C17H18N4O2S. The largest absolute Gasteiger partial charge is 0.497 e. The number of anilines is 1. The predicted octanol–water partition coefficient (Wildman–Crippen LogP) is 2.54. The molecule has 0 amide bonds. The zero-order chi connectivity index (χ0) is 16.5. The van der Waals surface area contributed by atoms with E-state index >= 15 is 0 Å². The van der Waals surface area contributed by atoms with Gasteiger partial charge in [-0.2, -0.15) is 4.52 Å². The molecule has 4 rings (SSSR count). The topological polar surface area (TPSA) is 59.7 Å². The molecule has 24 heavy (non-hydrogen) atoms. The van der Waals surface area contributed by atoms with Crippen molar-refractivity contribution in [3.8, 4) is 5.75 Å². The van der Waals surface area contributed by atoms with Crippen molar-refractivity contribution in [1.29, 1.82) is 0 Å². The van der Waals surface area contributed by atoms with Gasteiger partial charge in [-0.05, 0) is 36.5 Å². The molecule has 1 fully saturated rings. The number of ether oxygens (including phenoxy) is 1. The monoisotopic (exact) mass is 342 g/mol. The molecule has 6 nitrogen and oxygen atoms in total. The van der Waals surface area contributed by atoms with E-state index < -0.39 is 0 Å². The van der Waals surface area contributed by atoms with Crippen molar-refractivity contribution in [3.05, 3.63) is 52.4 Å². The molecule has 0 N–H and O–H groups in total. The number of hydrogen-bond acceptors (Lipinski definition) is 6. The van der Waals surface area contributed by atoms with Crippen molar-refractivity contribution < 1.29 is 4.74 Å². The molecule has 7 heteroatoms. The second kappa shape index (κ2) is 6.24. The van der Waals surface area contributed by atoms with E-state index in [1.165, 1.54) is 33.7 Å². The van der Waals surface area contributed by atoms with E-state index in [9.17, 15) is 4.79 Å². The Labute approximate surface area is 143 Å². The Morgan fingerprint density at radius 2 is 2.08 bits per heavy atom. The first kappa shape index (κ1) is 15.1. The number of aromatic nitrogens is 3. The van der Waals surface area contributed by atoms with Gasteiger partial charge in [-0.1, -0.05) is 23.5 Å². The molecule has 1 saturated heterocycles. The molecular weight excluding hydrogens is 324 g/mol. The van der Waals surface area contributed by atoms with Crippen molar-refractivity contribution >= 4 is 21.4 Å². The van der Waals surface area contributed by atoms with Gasteiger partial charge in [0.2, 0.25) is 10.1 Å². The van der Waals surface area contributed by atoms with Crippen LogP contribution in [0.2, 0.25) is 0 Å². The third-order valence-electron chi connectivity index (χ3n) is 4.49.